The number of nitrogens with zero attached hydrogens (tertiary/aromatic N) is 7. The summed E-state index contributed by atoms with van der Waals surface area (Å²) in [6.07, 6.45) is 2.69. The summed E-state index contributed by atoms with van der Waals surface area (Å²) in [5, 5.41) is 25.8. The molecule has 3 heterocycles. The number of anilines is 1. The normalized spacial score (nSPS) is 15.8. The van der Waals surface area contributed by atoms with E-state index in [1.54, 1.807) is 33.4 Å². The number of alkyl halides is 3. The fourth-order valence-corrected chi connectivity index (χ4v) is 5.98. The lowest BCUT2D eigenvalue weighted by molar-refractivity contribution is -0.138. The molecule has 3 aromatic rings. The number of nitrogens with one attached hydrogen (secondary N) is 1. The lowest BCUT2D eigenvalue weighted by Gasteiger charge is -2.43. The number of hydrogen-bond acceptors (Lipinski definition) is 8. The fourth-order valence-electron chi connectivity index (χ4n) is 5.55. The number of rotatable bonds is 11. The monoisotopic (exact) mass is 644 g/mol. The minimum Gasteiger partial charge on any atom is -0.329 e. The number of aromatic nitrogens is 4. The molecule has 2 aliphatic rings. The number of hydrogen-bond donors (Lipinski definition) is 2. The van der Waals surface area contributed by atoms with Gasteiger partial charge in [-0.3, -0.25) is 24.4 Å². The molecule has 1 spiro atoms. The summed E-state index contributed by atoms with van der Waals surface area (Å²) >= 11 is 5.58. The predicted octanol–water partition coefficient (Wildman–Crippen LogP) is 4.88. The Morgan fingerprint density at radius 3 is 2.58 bits per heavy atom. The molecule has 45 heavy (non-hydrogen) atoms. The van der Waals surface area contributed by atoms with Crippen molar-refractivity contribution in [2.45, 2.75) is 76.2 Å². The van der Waals surface area contributed by atoms with Gasteiger partial charge in [-0.25, -0.2) is 14.9 Å². The van der Waals surface area contributed by atoms with Crippen molar-refractivity contribution in [3.05, 3.63) is 59.3 Å². The van der Waals surface area contributed by atoms with E-state index in [1.165, 1.54) is 12.1 Å². The quantitative estimate of drug-likeness (QED) is 0.0983. The van der Waals surface area contributed by atoms with Gasteiger partial charge in [0, 0.05) is 30.6 Å². The minimum atomic E-state index is -4.87. The Balaban J connectivity index is 1.28. The maximum atomic E-state index is 15.5. The predicted molar refractivity (Wildman–Crippen MR) is 155 cm³/mol. The first-order valence-electron chi connectivity index (χ1n) is 14.2. The fraction of sp³-hybridized carbons (Fsp3) is 0.414. The number of halogens is 4. The highest BCUT2D eigenvalue weighted by Crippen LogP contribution is 2.47. The SMILES string of the molecule is N#Cc1ncc(N2C(=O)C3(CCC3)N(Cc3ccc(-c4cn(CCCCCCC(=O)NO)nn4)cc3F)C2=S)cc1C(F)(F)F. The molecule has 2 amide bonds. The number of carbonyl (C=O) groups is 2. The standard InChI is InChI=1S/C29H28F4N8O3S/c30-22-12-18(24-17-39(38-36-24)11-4-2-1-3-6-25(42)37-44)7-8-19(22)16-40-27(45)41(26(43)28(40)9-5-10-28)20-13-21(29(31,32)33)23(14-34)35-15-20/h7-8,12-13,15,17,44H,1-6,9-11,16H2,(H,37,42). The first kappa shape index (κ1) is 31.9. The summed E-state index contributed by atoms with van der Waals surface area (Å²) in [5.74, 6) is -1.50. The van der Waals surface area contributed by atoms with Gasteiger partial charge in [0.25, 0.3) is 5.91 Å². The number of benzene rings is 1. The van der Waals surface area contributed by atoms with Gasteiger partial charge in [-0.05, 0) is 56.5 Å². The van der Waals surface area contributed by atoms with Crippen LogP contribution in [0.3, 0.4) is 0 Å². The zero-order valence-corrected chi connectivity index (χ0v) is 24.7. The van der Waals surface area contributed by atoms with Gasteiger partial charge >= 0.3 is 6.18 Å². The highest BCUT2D eigenvalue weighted by molar-refractivity contribution is 7.80. The van der Waals surface area contributed by atoms with Crippen molar-refractivity contribution in [3.8, 4) is 17.3 Å². The molecule has 2 aromatic heterocycles. The average Bonchev–Trinajstić information content (AvgIpc) is 3.55. The lowest BCUT2D eigenvalue weighted by Crippen LogP contribution is -2.54. The van der Waals surface area contributed by atoms with Crippen molar-refractivity contribution in [3.63, 3.8) is 0 Å². The second-order valence-corrected chi connectivity index (χ2v) is 11.3. The van der Waals surface area contributed by atoms with Crippen molar-refractivity contribution in [1.29, 1.82) is 5.26 Å². The van der Waals surface area contributed by atoms with Crippen LogP contribution < -0.4 is 10.4 Å². The third kappa shape index (κ3) is 6.36. The van der Waals surface area contributed by atoms with Crippen molar-refractivity contribution in [2.75, 3.05) is 4.90 Å². The summed E-state index contributed by atoms with van der Waals surface area (Å²) in [6, 6.07) is 6.64. The number of hydroxylamine groups is 1. The van der Waals surface area contributed by atoms with Crippen LogP contribution in [0.1, 0.15) is 68.2 Å². The van der Waals surface area contributed by atoms with E-state index in [1.807, 2.05) is 0 Å². The van der Waals surface area contributed by atoms with Gasteiger partial charge in [-0.15, -0.1) is 5.10 Å². The molecule has 1 saturated heterocycles. The van der Waals surface area contributed by atoms with Crippen molar-refractivity contribution >= 4 is 34.8 Å². The molecule has 11 nitrogen and oxygen atoms in total. The largest absolute Gasteiger partial charge is 0.419 e. The Morgan fingerprint density at radius 1 is 1.18 bits per heavy atom. The van der Waals surface area contributed by atoms with Gasteiger partial charge in [-0.1, -0.05) is 30.2 Å². The second-order valence-electron chi connectivity index (χ2n) is 11.0. The maximum absolute atomic E-state index is 15.5. The Hall–Kier alpha value is -4.49. The van der Waals surface area contributed by atoms with Crippen LogP contribution in [-0.4, -0.2) is 52.6 Å². The minimum absolute atomic E-state index is 0.0672. The van der Waals surface area contributed by atoms with E-state index in [4.69, 9.17) is 22.7 Å². The number of unbranched alkanes of at least 4 members (excludes halogenated alkanes) is 3. The zero-order chi connectivity index (χ0) is 32.4. The number of amides is 2. The average molecular weight is 645 g/mol. The Bertz CT molecular complexity index is 1670. The molecule has 1 aliphatic carbocycles. The van der Waals surface area contributed by atoms with Crippen LogP contribution in [0.2, 0.25) is 0 Å². The molecule has 2 fully saturated rings. The van der Waals surface area contributed by atoms with E-state index in [-0.39, 0.29) is 29.3 Å². The number of nitriles is 1. The number of thiocarbonyl (C=S) groups is 1. The highest BCUT2D eigenvalue weighted by atomic mass is 32.1. The van der Waals surface area contributed by atoms with Gasteiger partial charge in [0.15, 0.2) is 10.8 Å². The smallest absolute Gasteiger partial charge is 0.329 e. The summed E-state index contributed by atoms with van der Waals surface area (Å²) in [5.41, 5.74) is -0.627. The zero-order valence-electron chi connectivity index (χ0n) is 23.8. The van der Waals surface area contributed by atoms with Crippen LogP contribution in [0.25, 0.3) is 11.3 Å². The molecule has 1 saturated carbocycles. The molecule has 0 radical (unpaired) electrons. The first-order chi connectivity index (χ1) is 21.5. The van der Waals surface area contributed by atoms with Crippen molar-refractivity contribution in [2.24, 2.45) is 0 Å². The van der Waals surface area contributed by atoms with Crippen molar-refractivity contribution in [1.82, 2.24) is 30.4 Å². The molecular formula is C29H28F4N8O3S. The van der Waals surface area contributed by atoms with Crippen LogP contribution in [0.15, 0.2) is 36.7 Å². The molecular weight excluding hydrogens is 616 g/mol. The molecule has 1 aromatic carbocycles. The van der Waals surface area contributed by atoms with Gasteiger partial charge in [0.2, 0.25) is 5.91 Å². The number of carbonyl (C=O) groups excluding carboxylic acids is 2. The third-order valence-electron chi connectivity index (χ3n) is 8.15. The molecule has 5 rings (SSSR count). The van der Waals surface area contributed by atoms with Gasteiger partial charge < -0.3 is 4.90 Å². The summed E-state index contributed by atoms with van der Waals surface area (Å²) in [4.78, 5) is 30.8. The van der Waals surface area contributed by atoms with E-state index >= 15 is 4.39 Å². The van der Waals surface area contributed by atoms with E-state index < -0.39 is 40.6 Å². The Labute approximate surface area is 260 Å². The number of pyridine rings is 1. The Kier molecular flexibility index (Phi) is 9.12. The van der Waals surface area contributed by atoms with E-state index in [0.29, 0.717) is 49.6 Å². The summed E-state index contributed by atoms with van der Waals surface area (Å²) in [7, 11) is 0. The van der Waals surface area contributed by atoms with E-state index in [2.05, 4.69) is 15.3 Å². The van der Waals surface area contributed by atoms with Gasteiger partial charge in [0.05, 0.1) is 23.6 Å². The van der Waals surface area contributed by atoms with Crippen LogP contribution in [0.5, 0.6) is 0 Å². The highest BCUT2D eigenvalue weighted by Gasteiger charge is 2.59. The molecule has 236 valence electrons. The molecule has 0 atom stereocenters. The number of aryl methyl sites for hydroxylation is 1. The Morgan fingerprint density at radius 2 is 1.93 bits per heavy atom. The van der Waals surface area contributed by atoms with E-state index in [9.17, 15) is 22.8 Å². The van der Waals surface area contributed by atoms with Crippen LogP contribution >= 0.6 is 12.2 Å². The van der Waals surface area contributed by atoms with Crippen LogP contribution in [0.4, 0.5) is 23.2 Å². The molecule has 0 bridgehead atoms. The molecule has 16 heteroatoms. The lowest BCUT2D eigenvalue weighted by atomic mass is 9.75. The van der Waals surface area contributed by atoms with Gasteiger partial charge in [-0.2, -0.15) is 18.4 Å². The third-order valence-corrected chi connectivity index (χ3v) is 8.55. The van der Waals surface area contributed by atoms with Crippen molar-refractivity contribution < 1.29 is 32.4 Å². The van der Waals surface area contributed by atoms with Gasteiger partial charge in [0.1, 0.15) is 23.1 Å². The topological polar surface area (TPSA) is 140 Å². The van der Waals surface area contributed by atoms with Crippen LogP contribution in [-0.2, 0) is 28.9 Å². The molecule has 1 aliphatic heterocycles. The molecule has 0 unspecified atom stereocenters. The summed E-state index contributed by atoms with van der Waals surface area (Å²) < 4.78 is 57.9. The second kappa shape index (κ2) is 12.9. The first-order valence-corrected chi connectivity index (χ1v) is 14.6. The molecule has 2 N–H and O–H groups in total. The van der Waals surface area contributed by atoms with E-state index in [0.717, 1.165) is 30.4 Å². The van der Waals surface area contributed by atoms with Crippen LogP contribution in [0, 0.1) is 17.1 Å². The maximum Gasteiger partial charge on any atom is 0.419 e. The summed E-state index contributed by atoms with van der Waals surface area (Å²) in [6.45, 7) is 0.494.